The fourth-order valence-electron chi connectivity index (χ4n) is 7.87. The van der Waals surface area contributed by atoms with Crippen LogP contribution in [0.1, 0.15) is 62.2 Å². The summed E-state index contributed by atoms with van der Waals surface area (Å²) in [5, 5.41) is 36.9. The molecule has 2 aliphatic rings. The maximum atomic E-state index is 14.1. The van der Waals surface area contributed by atoms with Crippen molar-refractivity contribution < 1.29 is 29.1 Å². The number of amides is 2. The van der Waals surface area contributed by atoms with Crippen LogP contribution < -0.4 is 10.1 Å². The van der Waals surface area contributed by atoms with Crippen LogP contribution in [0.25, 0.3) is 32.7 Å². The van der Waals surface area contributed by atoms with Gasteiger partial charge in [0.2, 0.25) is 11.8 Å². The summed E-state index contributed by atoms with van der Waals surface area (Å²) in [4.78, 5) is 37.0. The number of aromatic hydroxyl groups is 1. The molecule has 4 aromatic heterocycles. The highest BCUT2D eigenvalue weighted by molar-refractivity contribution is 7.13. The van der Waals surface area contributed by atoms with Crippen molar-refractivity contribution >= 4 is 34.2 Å². The summed E-state index contributed by atoms with van der Waals surface area (Å²) in [6, 6.07) is 19.8. The number of aliphatic hydroxyl groups excluding tert-OH is 1. The smallest absolute Gasteiger partial charge is 0.254 e. The lowest BCUT2D eigenvalue weighted by Gasteiger charge is -2.40. The second-order valence-electron chi connectivity index (χ2n) is 15.3. The Morgan fingerprint density at radius 1 is 1.04 bits per heavy atom. The molecule has 6 aromatic rings. The minimum absolute atomic E-state index is 0.0513. The number of benzene rings is 2. The van der Waals surface area contributed by atoms with E-state index in [4.69, 9.17) is 9.26 Å². The summed E-state index contributed by atoms with van der Waals surface area (Å²) in [7, 11) is 0. The number of rotatable bonds is 13. The number of fused-ring (bicyclic) bond motifs is 1. The van der Waals surface area contributed by atoms with E-state index in [1.54, 1.807) is 29.5 Å². The van der Waals surface area contributed by atoms with E-state index < -0.39 is 18.1 Å². The van der Waals surface area contributed by atoms with E-state index in [1.165, 1.54) is 4.90 Å². The number of likely N-dealkylation sites (tertiary alicyclic amines) is 2. The number of hydrogen-bond acceptors (Lipinski definition) is 12. The summed E-state index contributed by atoms with van der Waals surface area (Å²) >= 11 is 1.59. The minimum Gasteiger partial charge on any atom is -0.507 e. The third-order valence-corrected chi connectivity index (χ3v) is 12.0. The van der Waals surface area contributed by atoms with Gasteiger partial charge in [0.1, 0.15) is 29.8 Å². The summed E-state index contributed by atoms with van der Waals surface area (Å²) in [5.41, 5.74) is 7.82. The quantitative estimate of drug-likeness (QED) is 0.130. The number of carbonyl (C=O) groups excluding carboxylic acids is 2. The maximum Gasteiger partial charge on any atom is 0.254 e. The zero-order valence-electron chi connectivity index (χ0n) is 32.3. The first-order chi connectivity index (χ1) is 27.5. The highest BCUT2D eigenvalue weighted by Crippen LogP contribution is 2.34. The Labute approximate surface area is 334 Å². The van der Waals surface area contributed by atoms with E-state index in [0.29, 0.717) is 30.2 Å². The van der Waals surface area contributed by atoms with Crippen LogP contribution in [0.15, 0.2) is 83.0 Å². The number of hydrogen-bond donors (Lipinski definition) is 3. The molecule has 0 spiro atoms. The number of aromatic nitrogens is 5. The van der Waals surface area contributed by atoms with Gasteiger partial charge in [-0.3, -0.25) is 14.5 Å². The first kappa shape index (κ1) is 38.2. The van der Waals surface area contributed by atoms with Crippen LogP contribution in [-0.2, 0) is 9.59 Å². The number of ether oxygens (including phenoxy) is 1. The van der Waals surface area contributed by atoms with E-state index in [1.807, 2.05) is 87.9 Å². The zero-order valence-corrected chi connectivity index (χ0v) is 33.1. The standard InChI is InChI=1S/C42H46N8O6S/c1-24(2)39(42(54)50-22-30(51)17-35(50)41(53)44-25(3)27-9-11-28(12-10-27)40-26(4)43-23-57-40)37-19-38(47-56-37)55-16-15-48-20-29(21-48)49-14-13-32-34(49)18-33(46-45-32)31-7-5-6-8-36(31)52/h5-14,18-19,23-25,29-30,35,39,51-52H,15-17,20-22H2,1-4H3,(H,44,53)/t25?,30-,35+,39?/m1/s1. The number of phenolic OH excluding ortho intramolecular Hbond substituents is 1. The van der Waals surface area contributed by atoms with Crippen molar-refractivity contribution in [2.45, 2.75) is 64.3 Å². The van der Waals surface area contributed by atoms with E-state index in [2.05, 4.69) is 35.1 Å². The van der Waals surface area contributed by atoms with Crippen molar-refractivity contribution in [2.24, 2.45) is 5.92 Å². The molecule has 0 saturated carbocycles. The summed E-state index contributed by atoms with van der Waals surface area (Å²) < 4.78 is 13.9. The first-order valence-corrected chi connectivity index (χ1v) is 20.2. The van der Waals surface area contributed by atoms with Crippen LogP contribution in [0.4, 0.5) is 0 Å². The van der Waals surface area contributed by atoms with Gasteiger partial charge in [0.25, 0.3) is 5.88 Å². The number of phenols is 1. The Morgan fingerprint density at radius 3 is 2.56 bits per heavy atom. The lowest BCUT2D eigenvalue weighted by atomic mass is 9.91. The second-order valence-corrected chi connectivity index (χ2v) is 16.2. The molecule has 57 heavy (non-hydrogen) atoms. The van der Waals surface area contributed by atoms with Gasteiger partial charge in [-0.1, -0.05) is 50.2 Å². The first-order valence-electron chi connectivity index (χ1n) is 19.3. The molecule has 2 aromatic carbocycles. The Bertz CT molecular complexity index is 2370. The topological polar surface area (TPSA) is 172 Å². The van der Waals surface area contributed by atoms with E-state index in [9.17, 15) is 19.8 Å². The molecule has 4 atom stereocenters. The van der Waals surface area contributed by atoms with Gasteiger partial charge in [-0.25, -0.2) is 4.98 Å². The molecule has 2 fully saturated rings. The predicted molar refractivity (Wildman–Crippen MR) is 215 cm³/mol. The largest absolute Gasteiger partial charge is 0.507 e. The number of carbonyl (C=O) groups is 2. The Kier molecular flexibility index (Phi) is 10.8. The molecule has 2 saturated heterocycles. The number of nitrogens with one attached hydrogen (secondary N) is 1. The van der Waals surface area contributed by atoms with Crippen molar-refractivity contribution in [1.82, 2.24) is 40.0 Å². The van der Waals surface area contributed by atoms with Gasteiger partial charge in [0.05, 0.1) is 45.5 Å². The molecule has 0 bridgehead atoms. The molecule has 0 radical (unpaired) electrons. The molecule has 2 aliphatic heterocycles. The van der Waals surface area contributed by atoms with Crippen LogP contribution in [-0.4, -0.2) is 102 Å². The van der Waals surface area contributed by atoms with E-state index in [-0.39, 0.29) is 54.4 Å². The number of aliphatic hydroxyl groups is 1. The Hall–Kier alpha value is -5.64. The monoisotopic (exact) mass is 790 g/mol. The van der Waals surface area contributed by atoms with Crippen molar-refractivity contribution in [2.75, 3.05) is 32.8 Å². The molecular weight excluding hydrogens is 745 g/mol. The van der Waals surface area contributed by atoms with Crippen molar-refractivity contribution in [3.05, 3.63) is 95.5 Å². The highest BCUT2D eigenvalue weighted by atomic mass is 32.1. The minimum atomic E-state index is -0.828. The molecule has 2 amide bonds. The van der Waals surface area contributed by atoms with Gasteiger partial charge < -0.3 is 34.3 Å². The number of para-hydroxylation sites is 1. The predicted octanol–water partition coefficient (Wildman–Crippen LogP) is 5.74. The average molecular weight is 791 g/mol. The number of aryl methyl sites for hydroxylation is 1. The summed E-state index contributed by atoms with van der Waals surface area (Å²) in [6.45, 7) is 10.5. The lowest BCUT2D eigenvalue weighted by Crippen LogP contribution is -2.48. The molecule has 14 nitrogen and oxygen atoms in total. The maximum absolute atomic E-state index is 14.1. The molecule has 2 unspecified atom stereocenters. The fourth-order valence-corrected chi connectivity index (χ4v) is 8.68. The number of thiazole rings is 1. The fraction of sp³-hybridized carbons (Fsp3) is 0.381. The highest BCUT2D eigenvalue weighted by Gasteiger charge is 2.43. The van der Waals surface area contributed by atoms with Crippen molar-refractivity contribution in [3.8, 4) is 33.3 Å². The molecule has 3 N–H and O–H groups in total. The van der Waals surface area contributed by atoms with Gasteiger partial charge in [-0.2, -0.15) is 0 Å². The molecule has 8 rings (SSSR count). The average Bonchev–Trinajstić information content (AvgIpc) is 4.00. The van der Waals surface area contributed by atoms with Crippen LogP contribution in [0.3, 0.4) is 0 Å². The van der Waals surface area contributed by atoms with Crippen LogP contribution >= 0.6 is 11.3 Å². The van der Waals surface area contributed by atoms with Gasteiger partial charge in [0.15, 0.2) is 5.76 Å². The normalized spacial score (nSPS) is 18.5. The molecule has 6 heterocycles. The lowest BCUT2D eigenvalue weighted by molar-refractivity contribution is -0.141. The number of nitrogens with zero attached hydrogens (tertiary/aromatic N) is 7. The zero-order chi connectivity index (χ0) is 39.8. The second kappa shape index (κ2) is 16.1. The van der Waals surface area contributed by atoms with Crippen LogP contribution in [0.5, 0.6) is 11.6 Å². The molecule has 0 aliphatic carbocycles. The van der Waals surface area contributed by atoms with Gasteiger partial charge in [0, 0.05) is 50.4 Å². The van der Waals surface area contributed by atoms with E-state index >= 15 is 0 Å². The molecule has 15 heteroatoms. The van der Waals surface area contributed by atoms with Crippen LogP contribution in [0.2, 0.25) is 0 Å². The van der Waals surface area contributed by atoms with Crippen molar-refractivity contribution in [1.29, 1.82) is 0 Å². The SMILES string of the molecule is Cc1ncsc1-c1ccc(C(C)NC(=O)[C@@H]2C[C@@H](O)CN2C(=O)C(c2cc(OCCN3CC(n4ccc5nnc(-c6ccccc6O)cc54)C3)no2)C(C)C)cc1. The van der Waals surface area contributed by atoms with Crippen molar-refractivity contribution in [3.63, 3.8) is 0 Å². The third-order valence-electron chi connectivity index (χ3n) is 11.0. The van der Waals surface area contributed by atoms with Gasteiger partial charge in [-0.05, 0) is 60.3 Å². The Morgan fingerprint density at radius 2 is 1.82 bits per heavy atom. The third kappa shape index (κ3) is 7.87. The van der Waals surface area contributed by atoms with Gasteiger partial charge in [-0.15, -0.1) is 21.5 Å². The summed E-state index contributed by atoms with van der Waals surface area (Å²) in [6.07, 6.45) is 1.35. The van der Waals surface area contributed by atoms with E-state index in [0.717, 1.165) is 45.8 Å². The van der Waals surface area contributed by atoms with Gasteiger partial charge >= 0.3 is 0 Å². The summed E-state index contributed by atoms with van der Waals surface area (Å²) in [5.74, 6) is -0.719. The van der Waals surface area contributed by atoms with Crippen LogP contribution in [0, 0.1) is 12.8 Å². The molecular formula is C42H46N8O6S. The Balaban J connectivity index is 0.851. The number of β-amino-alcohol motifs (C(OH)–C–C–N with tert-alkyl or cyclic N) is 1. The molecule has 296 valence electrons.